The first kappa shape index (κ1) is 32.1. The molecule has 246 valence electrons. The van der Waals surface area contributed by atoms with Crippen LogP contribution >= 0.6 is 0 Å². The minimum absolute atomic E-state index is 0.0286. The molecule has 6 fully saturated rings. The summed E-state index contributed by atoms with van der Waals surface area (Å²) < 4.78 is 24.3. The fourth-order valence-corrected chi connectivity index (χ4v) is 10.5. The van der Waals surface area contributed by atoms with Crippen LogP contribution in [0.15, 0.2) is 0 Å². The molecule has 6 N–H and O–H groups in total. The quantitative estimate of drug-likeness (QED) is 0.250. The highest BCUT2D eigenvalue weighted by atomic mass is 16.7. The zero-order chi connectivity index (χ0) is 31.1. The molecule has 6 aliphatic rings. The van der Waals surface area contributed by atoms with Gasteiger partial charge in [-0.2, -0.15) is 0 Å². The predicted molar refractivity (Wildman–Crippen MR) is 151 cm³/mol. The van der Waals surface area contributed by atoms with Gasteiger partial charge in [-0.25, -0.2) is 0 Å². The molecule has 0 bridgehead atoms. The Morgan fingerprint density at radius 3 is 2.14 bits per heavy atom. The summed E-state index contributed by atoms with van der Waals surface area (Å²) in [6.45, 7) is 7.59. The van der Waals surface area contributed by atoms with E-state index in [4.69, 9.17) is 18.9 Å². The van der Waals surface area contributed by atoms with Gasteiger partial charge < -0.3 is 49.6 Å². The molecule has 4 saturated carbocycles. The largest absolute Gasteiger partial charge is 0.481 e. The van der Waals surface area contributed by atoms with E-state index in [9.17, 15) is 35.4 Å². The van der Waals surface area contributed by atoms with E-state index < -0.39 is 78.2 Å². The molecule has 4 aliphatic carbocycles. The number of ether oxygens (including phenoxy) is 4. The molecular formula is C32H52O11. The van der Waals surface area contributed by atoms with Crippen LogP contribution < -0.4 is 0 Å². The monoisotopic (exact) mass is 612 g/mol. The van der Waals surface area contributed by atoms with E-state index in [1.807, 2.05) is 6.92 Å². The number of carbonyl (C=O) groups is 1. The molecule has 2 aliphatic heterocycles. The van der Waals surface area contributed by atoms with Crippen molar-refractivity contribution in [3.05, 3.63) is 0 Å². The molecular weight excluding hydrogens is 560 g/mol. The summed E-state index contributed by atoms with van der Waals surface area (Å²) in [5.41, 5.74) is -2.31. The molecule has 2 saturated heterocycles. The number of carboxylic acid groups (broad SMARTS) is 1. The summed E-state index contributed by atoms with van der Waals surface area (Å²) in [7, 11) is 0. The van der Waals surface area contributed by atoms with Gasteiger partial charge in [0.2, 0.25) is 0 Å². The standard InChI is InChI=1S/C32H52O11/c1-15-27(36)22(33)13-26(40-15)43-28-16(2)41-25(14-23(28)34)42-18-7-9-30(3)17(11-18)5-6-19-21(30)12-24(35)31(4)20(29(37)38)8-10-32(19,31)39/h15-28,33-36,39H,5-14H2,1-4H3,(H,37,38)/t15?,16?,17-,18+,19-,20-,21+,22-,23-,24-,25+,26-,27?,28?,30+,31+,32+/m1/s1. The fraction of sp³-hybridized carbons (Fsp3) is 0.969. The molecule has 0 amide bonds. The third-order valence-electron chi connectivity index (χ3n) is 13.2. The van der Waals surface area contributed by atoms with Crippen molar-refractivity contribution in [2.24, 2.45) is 34.5 Å². The molecule has 11 heteroatoms. The van der Waals surface area contributed by atoms with Gasteiger partial charge in [0, 0.05) is 18.3 Å². The lowest BCUT2D eigenvalue weighted by Crippen LogP contribution is -2.67. The summed E-state index contributed by atoms with van der Waals surface area (Å²) in [4.78, 5) is 12.1. The molecule has 0 radical (unpaired) electrons. The third-order valence-corrected chi connectivity index (χ3v) is 13.2. The van der Waals surface area contributed by atoms with Gasteiger partial charge in [0.1, 0.15) is 12.2 Å². The summed E-state index contributed by atoms with van der Waals surface area (Å²) >= 11 is 0. The van der Waals surface area contributed by atoms with Gasteiger partial charge in [0.05, 0.1) is 48.1 Å². The lowest BCUT2D eigenvalue weighted by atomic mass is 9.42. The minimum Gasteiger partial charge on any atom is -0.481 e. The zero-order valence-electron chi connectivity index (χ0n) is 25.9. The van der Waals surface area contributed by atoms with Crippen LogP contribution in [0.5, 0.6) is 0 Å². The molecule has 0 aromatic carbocycles. The molecule has 0 aromatic heterocycles. The zero-order valence-corrected chi connectivity index (χ0v) is 25.9. The molecule has 2 heterocycles. The van der Waals surface area contributed by atoms with Crippen LogP contribution in [0, 0.1) is 34.5 Å². The topological polar surface area (TPSA) is 175 Å². The van der Waals surface area contributed by atoms with Crippen LogP contribution in [0.2, 0.25) is 0 Å². The maximum absolute atomic E-state index is 12.1. The molecule has 11 nitrogen and oxygen atoms in total. The maximum atomic E-state index is 12.1. The van der Waals surface area contributed by atoms with Gasteiger partial charge in [-0.05, 0) is 88.4 Å². The molecule has 4 unspecified atom stereocenters. The Morgan fingerprint density at radius 2 is 1.47 bits per heavy atom. The van der Waals surface area contributed by atoms with Crippen LogP contribution in [0.3, 0.4) is 0 Å². The van der Waals surface area contributed by atoms with E-state index in [1.54, 1.807) is 13.8 Å². The Kier molecular flexibility index (Phi) is 8.51. The number of carboxylic acids is 1. The second kappa shape index (κ2) is 11.4. The molecule has 17 atom stereocenters. The Balaban J connectivity index is 1.07. The molecule has 6 rings (SSSR count). The van der Waals surface area contributed by atoms with Gasteiger partial charge in [0.25, 0.3) is 0 Å². The highest BCUT2D eigenvalue weighted by Crippen LogP contribution is 2.69. The first-order valence-corrected chi connectivity index (χ1v) is 16.5. The lowest BCUT2D eigenvalue weighted by molar-refractivity contribution is -0.318. The van der Waals surface area contributed by atoms with Gasteiger partial charge >= 0.3 is 5.97 Å². The second-order valence-electron chi connectivity index (χ2n) is 15.2. The first-order valence-electron chi connectivity index (χ1n) is 16.5. The Bertz CT molecular complexity index is 1020. The lowest BCUT2D eigenvalue weighted by Gasteiger charge is -2.64. The molecule has 43 heavy (non-hydrogen) atoms. The van der Waals surface area contributed by atoms with Crippen LogP contribution in [0.25, 0.3) is 0 Å². The van der Waals surface area contributed by atoms with Crippen molar-refractivity contribution in [2.75, 3.05) is 0 Å². The van der Waals surface area contributed by atoms with Crippen LogP contribution in [-0.2, 0) is 23.7 Å². The van der Waals surface area contributed by atoms with Gasteiger partial charge in [-0.1, -0.05) is 13.8 Å². The van der Waals surface area contributed by atoms with Gasteiger partial charge in [0.15, 0.2) is 12.6 Å². The number of hydrogen-bond donors (Lipinski definition) is 6. The fourth-order valence-electron chi connectivity index (χ4n) is 10.5. The number of rotatable bonds is 5. The number of aliphatic carboxylic acids is 1. The van der Waals surface area contributed by atoms with Crippen molar-refractivity contribution in [1.82, 2.24) is 0 Å². The summed E-state index contributed by atoms with van der Waals surface area (Å²) in [6, 6.07) is 0. The summed E-state index contributed by atoms with van der Waals surface area (Å²) in [6.07, 6.45) is -0.801. The number of fused-ring (bicyclic) bond motifs is 5. The summed E-state index contributed by atoms with van der Waals surface area (Å²) in [5.74, 6) is -1.23. The second-order valence-corrected chi connectivity index (χ2v) is 15.2. The average molecular weight is 613 g/mol. The predicted octanol–water partition coefficient (Wildman–Crippen LogP) is 1.94. The highest BCUT2D eigenvalue weighted by Gasteiger charge is 2.71. The van der Waals surface area contributed by atoms with Crippen molar-refractivity contribution in [1.29, 1.82) is 0 Å². The van der Waals surface area contributed by atoms with E-state index in [0.717, 1.165) is 32.1 Å². The minimum atomic E-state index is -1.18. The van der Waals surface area contributed by atoms with Crippen molar-refractivity contribution in [3.8, 4) is 0 Å². The average Bonchev–Trinajstić information content (AvgIpc) is 3.23. The van der Waals surface area contributed by atoms with Gasteiger partial charge in [-0.3, -0.25) is 4.79 Å². The Morgan fingerprint density at radius 1 is 0.791 bits per heavy atom. The highest BCUT2D eigenvalue weighted by molar-refractivity contribution is 5.72. The van der Waals surface area contributed by atoms with Crippen LogP contribution in [0.4, 0.5) is 0 Å². The normalized spacial score (nSPS) is 57.0. The van der Waals surface area contributed by atoms with E-state index >= 15 is 0 Å². The summed E-state index contributed by atoms with van der Waals surface area (Å²) in [5, 5.41) is 64.5. The number of aliphatic hydroxyl groups is 5. The van der Waals surface area contributed by atoms with E-state index in [2.05, 4.69) is 6.92 Å². The molecule has 0 spiro atoms. The van der Waals surface area contributed by atoms with E-state index in [-0.39, 0.29) is 36.2 Å². The third kappa shape index (κ3) is 5.09. The van der Waals surface area contributed by atoms with E-state index in [0.29, 0.717) is 25.2 Å². The van der Waals surface area contributed by atoms with Crippen molar-refractivity contribution >= 4 is 5.97 Å². The smallest absolute Gasteiger partial charge is 0.307 e. The molecule has 0 aromatic rings. The van der Waals surface area contributed by atoms with Crippen LogP contribution in [-0.4, -0.2) is 104 Å². The number of aliphatic hydroxyl groups excluding tert-OH is 4. The van der Waals surface area contributed by atoms with E-state index in [1.165, 1.54) is 0 Å². The Labute approximate surface area is 253 Å². The van der Waals surface area contributed by atoms with Crippen molar-refractivity contribution in [3.63, 3.8) is 0 Å². The van der Waals surface area contributed by atoms with Crippen LogP contribution in [0.1, 0.15) is 91.9 Å². The van der Waals surface area contributed by atoms with Crippen molar-refractivity contribution in [2.45, 2.75) is 159 Å². The SMILES string of the molecule is CC1O[C@H](OC2C(C)O[C@@H](O[C@H]3CC[C@@]4(C)[C@H](CC[C@@H]5[C@@H]4C[C@@H](O)[C@]4(C)[C@@H](C(=O)O)CC[C@]54O)C3)C[C@H]2O)C[C@@H](O)C1O. The first-order chi connectivity index (χ1) is 20.2. The Hall–Kier alpha value is -0.890. The maximum Gasteiger partial charge on any atom is 0.307 e. The van der Waals surface area contributed by atoms with Gasteiger partial charge in [-0.15, -0.1) is 0 Å². The van der Waals surface area contributed by atoms with Crippen molar-refractivity contribution < 1.29 is 54.4 Å². The number of hydrogen-bond acceptors (Lipinski definition) is 10.